The first-order valence-electron chi connectivity index (χ1n) is 10.5. The third kappa shape index (κ3) is 5.99. The molecule has 1 aliphatic rings. The van der Waals surface area contributed by atoms with Gasteiger partial charge in [-0.3, -0.25) is 9.59 Å². The Kier molecular flexibility index (Phi) is 7.75. The minimum atomic E-state index is 0.0247. The Labute approximate surface area is 183 Å². The van der Waals surface area contributed by atoms with Crippen LogP contribution in [0.25, 0.3) is 0 Å². The number of aryl methyl sites for hydroxylation is 2. The highest BCUT2D eigenvalue weighted by Crippen LogP contribution is 2.23. The molecule has 1 N–H and O–H groups in total. The van der Waals surface area contributed by atoms with Crippen molar-refractivity contribution < 1.29 is 14.3 Å². The number of nitrogens with zero attached hydrogens (tertiary/aromatic N) is 1. The van der Waals surface area contributed by atoms with E-state index in [2.05, 4.69) is 5.32 Å². The van der Waals surface area contributed by atoms with Gasteiger partial charge < -0.3 is 15.0 Å². The van der Waals surface area contributed by atoms with Crippen LogP contribution in [-0.4, -0.2) is 42.5 Å². The lowest BCUT2D eigenvalue weighted by molar-refractivity contribution is -0.122. The molecule has 0 saturated carbocycles. The number of nitrogens with one attached hydrogen (secondary N) is 1. The van der Waals surface area contributed by atoms with Crippen molar-refractivity contribution in [1.29, 1.82) is 0 Å². The summed E-state index contributed by atoms with van der Waals surface area (Å²) in [5.74, 6) is 0.733. The van der Waals surface area contributed by atoms with E-state index in [1.54, 1.807) is 6.07 Å². The lowest BCUT2D eigenvalue weighted by atomic mass is 10.0. The number of halogens is 1. The Hall–Kier alpha value is -2.53. The van der Waals surface area contributed by atoms with Crippen LogP contribution in [-0.2, 0) is 4.79 Å². The van der Waals surface area contributed by atoms with E-state index in [0.29, 0.717) is 43.3 Å². The summed E-state index contributed by atoms with van der Waals surface area (Å²) in [6.07, 6.45) is 2.59. The third-order valence-electron chi connectivity index (χ3n) is 5.54. The Morgan fingerprint density at radius 1 is 1.10 bits per heavy atom. The van der Waals surface area contributed by atoms with Crippen molar-refractivity contribution in [1.82, 2.24) is 10.2 Å². The lowest BCUT2D eigenvalue weighted by Gasteiger charge is -2.32. The predicted molar refractivity (Wildman–Crippen MR) is 119 cm³/mol. The van der Waals surface area contributed by atoms with Gasteiger partial charge in [0.25, 0.3) is 5.91 Å². The largest absolute Gasteiger partial charge is 0.492 e. The van der Waals surface area contributed by atoms with Gasteiger partial charge in [0.05, 0.1) is 11.6 Å². The molecule has 3 rings (SSSR count). The average molecular weight is 429 g/mol. The van der Waals surface area contributed by atoms with Crippen LogP contribution in [0.1, 0.15) is 47.2 Å². The quantitative estimate of drug-likeness (QED) is 0.659. The van der Waals surface area contributed by atoms with Crippen LogP contribution in [0.3, 0.4) is 0 Å². The molecule has 1 aliphatic heterocycles. The molecule has 160 valence electrons. The topological polar surface area (TPSA) is 58.6 Å². The first kappa shape index (κ1) is 22.2. The number of benzene rings is 2. The highest BCUT2D eigenvalue weighted by Gasteiger charge is 2.24. The van der Waals surface area contributed by atoms with E-state index in [-0.39, 0.29) is 17.9 Å². The number of piperidine rings is 1. The van der Waals surface area contributed by atoms with Crippen LogP contribution in [0.15, 0.2) is 42.5 Å². The fourth-order valence-electron chi connectivity index (χ4n) is 3.56. The van der Waals surface area contributed by atoms with Gasteiger partial charge in [-0.25, -0.2) is 0 Å². The SMILES string of the molecule is Cc1ccc(C(=O)N2CCC(NC(=O)CCCOc3ccccc3Cl)CC2)cc1C. The predicted octanol–water partition coefficient (Wildman–Crippen LogP) is 4.54. The van der Waals surface area contributed by atoms with Crippen molar-refractivity contribution in [3.05, 3.63) is 64.2 Å². The number of likely N-dealkylation sites (tertiary alicyclic amines) is 1. The van der Waals surface area contributed by atoms with E-state index >= 15 is 0 Å². The summed E-state index contributed by atoms with van der Waals surface area (Å²) in [5.41, 5.74) is 3.05. The molecule has 0 aromatic heterocycles. The molecule has 0 bridgehead atoms. The maximum atomic E-state index is 12.7. The van der Waals surface area contributed by atoms with Gasteiger partial charge in [-0.15, -0.1) is 0 Å². The zero-order valence-corrected chi connectivity index (χ0v) is 18.4. The van der Waals surface area contributed by atoms with Gasteiger partial charge in [0.15, 0.2) is 0 Å². The van der Waals surface area contributed by atoms with Crippen LogP contribution in [0, 0.1) is 13.8 Å². The average Bonchev–Trinajstić information content (AvgIpc) is 2.74. The number of carbonyl (C=O) groups is 2. The minimum absolute atomic E-state index is 0.0247. The van der Waals surface area contributed by atoms with Crippen molar-refractivity contribution in [3.63, 3.8) is 0 Å². The Morgan fingerprint density at radius 3 is 2.53 bits per heavy atom. The zero-order chi connectivity index (χ0) is 21.5. The van der Waals surface area contributed by atoms with E-state index in [0.717, 1.165) is 24.0 Å². The van der Waals surface area contributed by atoms with Crippen LogP contribution >= 0.6 is 11.6 Å². The summed E-state index contributed by atoms with van der Waals surface area (Å²) in [5, 5.41) is 3.66. The number of hydrogen-bond acceptors (Lipinski definition) is 3. The molecule has 0 unspecified atom stereocenters. The number of amides is 2. The smallest absolute Gasteiger partial charge is 0.253 e. The van der Waals surface area contributed by atoms with Gasteiger partial charge in [-0.05, 0) is 68.5 Å². The van der Waals surface area contributed by atoms with Gasteiger partial charge in [-0.2, -0.15) is 0 Å². The fraction of sp³-hybridized carbons (Fsp3) is 0.417. The molecule has 0 aliphatic carbocycles. The van der Waals surface area contributed by atoms with Crippen molar-refractivity contribution in [2.75, 3.05) is 19.7 Å². The first-order chi connectivity index (χ1) is 14.4. The molecule has 1 heterocycles. The molecule has 30 heavy (non-hydrogen) atoms. The first-order valence-corrected chi connectivity index (χ1v) is 10.8. The molecule has 2 amide bonds. The summed E-state index contributed by atoms with van der Waals surface area (Å²) in [4.78, 5) is 26.8. The van der Waals surface area contributed by atoms with Crippen LogP contribution in [0.5, 0.6) is 5.75 Å². The lowest BCUT2D eigenvalue weighted by Crippen LogP contribution is -2.46. The van der Waals surface area contributed by atoms with Crippen molar-refractivity contribution in [3.8, 4) is 5.75 Å². The molecule has 0 radical (unpaired) electrons. The number of hydrogen-bond donors (Lipinski definition) is 1. The summed E-state index contributed by atoms with van der Waals surface area (Å²) < 4.78 is 5.62. The maximum Gasteiger partial charge on any atom is 0.253 e. The molecule has 2 aromatic carbocycles. The molecule has 1 fully saturated rings. The van der Waals surface area contributed by atoms with E-state index in [1.807, 2.05) is 55.1 Å². The molecule has 1 saturated heterocycles. The third-order valence-corrected chi connectivity index (χ3v) is 5.86. The van der Waals surface area contributed by atoms with Gasteiger partial charge in [0.2, 0.25) is 5.91 Å². The number of rotatable bonds is 7. The standard InChI is InChI=1S/C24H29ClN2O3/c1-17-9-10-19(16-18(17)2)24(29)27-13-11-20(12-14-27)26-23(28)8-5-15-30-22-7-4-3-6-21(22)25/h3-4,6-7,9-10,16,20H,5,8,11-15H2,1-2H3,(H,26,28). The Bertz CT molecular complexity index is 892. The van der Waals surface area contributed by atoms with Gasteiger partial charge in [0.1, 0.15) is 5.75 Å². The molecule has 6 heteroatoms. The zero-order valence-electron chi connectivity index (χ0n) is 17.6. The normalized spacial score (nSPS) is 14.4. The summed E-state index contributed by atoms with van der Waals surface area (Å²) >= 11 is 6.05. The molecule has 0 spiro atoms. The Morgan fingerprint density at radius 2 is 1.83 bits per heavy atom. The molecule has 5 nitrogen and oxygen atoms in total. The van der Waals surface area contributed by atoms with E-state index < -0.39 is 0 Å². The van der Waals surface area contributed by atoms with Crippen molar-refractivity contribution in [2.45, 2.75) is 45.6 Å². The second kappa shape index (κ2) is 10.5. The van der Waals surface area contributed by atoms with Gasteiger partial charge in [0, 0.05) is 31.1 Å². The van der Waals surface area contributed by atoms with Crippen LogP contribution < -0.4 is 10.1 Å². The highest BCUT2D eigenvalue weighted by atomic mass is 35.5. The van der Waals surface area contributed by atoms with Gasteiger partial charge in [-0.1, -0.05) is 29.8 Å². The van der Waals surface area contributed by atoms with Crippen molar-refractivity contribution >= 4 is 23.4 Å². The minimum Gasteiger partial charge on any atom is -0.492 e. The fourth-order valence-corrected chi connectivity index (χ4v) is 3.75. The second-order valence-corrected chi connectivity index (χ2v) is 8.22. The molecular weight excluding hydrogens is 400 g/mol. The van der Waals surface area contributed by atoms with Crippen molar-refractivity contribution in [2.24, 2.45) is 0 Å². The maximum absolute atomic E-state index is 12.7. The number of carbonyl (C=O) groups excluding carboxylic acids is 2. The molecule has 0 atom stereocenters. The van der Waals surface area contributed by atoms with E-state index in [4.69, 9.17) is 16.3 Å². The van der Waals surface area contributed by atoms with Crippen LogP contribution in [0.4, 0.5) is 0 Å². The Balaban J connectivity index is 1.36. The van der Waals surface area contributed by atoms with E-state index in [1.165, 1.54) is 5.56 Å². The summed E-state index contributed by atoms with van der Waals surface area (Å²) in [6.45, 7) is 5.83. The monoisotopic (exact) mass is 428 g/mol. The summed E-state index contributed by atoms with van der Waals surface area (Å²) in [6, 6.07) is 13.3. The van der Waals surface area contributed by atoms with Gasteiger partial charge >= 0.3 is 0 Å². The second-order valence-electron chi connectivity index (χ2n) is 7.82. The molecule has 2 aromatic rings. The number of ether oxygens (including phenoxy) is 1. The molecular formula is C24H29ClN2O3. The van der Waals surface area contributed by atoms with E-state index in [9.17, 15) is 9.59 Å². The highest BCUT2D eigenvalue weighted by molar-refractivity contribution is 6.32. The van der Waals surface area contributed by atoms with Crippen LogP contribution in [0.2, 0.25) is 5.02 Å². The number of para-hydroxylation sites is 1. The summed E-state index contributed by atoms with van der Waals surface area (Å²) in [7, 11) is 0.